The zero-order chi connectivity index (χ0) is 28.2. The lowest BCUT2D eigenvalue weighted by atomic mass is 9.94. The molecule has 2 amide bonds. The van der Waals surface area contributed by atoms with E-state index in [1.807, 2.05) is 6.07 Å². The van der Waals surface area contributed by atoms with Gasteiger partial charge in [-0.25, -0.2) is 13.2 Å². The molecule has 0 saturated heterocycles. The van der Waals surface area contributed by atoms with Crippen molar-refractivity contribution in [3.05, 3.63) is 120 Å². The summed E-state index contributed by atoms with van der Waals surface area (Å²) < 4.78 is 44.3. The fraction of sp³-hybridized carbons (Fsp3) is 0.133. The number of fused-ring (bicyclic) bond motifs is 1. The van der Waals surface area contributed by atoms with Crippen molar-refractivity contribution >= 4 is 22.7 Å². The van der Waals surface area contributed by atoms with E-state index in [1.165, 1.54) is 43.6 Å². The van der Waals surface area contributed by atoms with Crippen LogP contribution in [0.2, 0.25) is 0 Å². The predicted molar refractivity (Wildman–Crippen MR) is 144 cm³/mol. The van der Waals surface area contributed by atoms with Gasteiger partial charge in [0.05, 0.1) is 22.8 Å². The Hall–Kier alpha value is -4.99. The quantitative estimate of drug-likeness (QED) is 0.289. The summed E-state index contributed by atoms with van der Waals surface area (Å²) in [6.45, 7) is -0.0267. The number of hydrogen-bond donors (Lipinski definition) is 2. The highest BCUT2D eigenvalue weighted by molar-refractivity contribution is 5.95. The van der Waals surface area contributed by atoms with Gasteiger partial charge in [0.25, 0.3) is 5.91 Å². The summed E-state index contributed by atoms with van der Waals surface area (Å²) in [6.07, 6.45) is 6.65. The van der Waals surface area contributed by atoms with Crippen molar-refractivity contribution in [1.29, 1.82) is 0 Å². The molecule has 202 valence electrons. The van der Waals surface area contributed by atoms with Gasteiger partial charge in [0.2, 0.25) is 5.91 Å². The third kappa shape index (κ3) is 5.70. The van der Waals surface area contributed by atoms with Gasteiger partial charge in [-0.3, -0.25) is 19.6 Å². The molecular formula is C30H24F3N5O2. The Morgan fingerprint density at radius 3 is 2.55 bits per heavy atom. The van der Waals surface area contributed by atoms with Crippen molar-refractivity contribution in [2.24, 2.45) is 0 Å². The molecule has 40 heavy (non-hydrogen) atoms. The van der Waals surface area contributed by atoms with Crippen molar-refractivity contribution in [2.45, 2.75) is 19.0 Å². The van der Waals surface area contributed by atoms with E-state index < -0.39 is 29.4 Å². The van der Waals surface area contributed by atoms with Crippen LogP contribution < -0.4 is 10.6 Å². The van der Waals surface area contributed by atoms with Crippen LogP contribution in [0.1, 0.15) is 27.7 Å². The molecular weight excluding hydrogens is 519 g/mol. The second-order valence-electron chi connectivity index (χ2n) is 9.19. The second-order valence-corrected chi connectivity index (χ2v) is 9.19. The Morgan fingerprint density at radius 2 is 1.77 bits per heavy atom. The molecule has 10 heteroatoms. The topological polar surface area (TPSA) is 88.9 Å². The lowest BCUT2D eigenvalue weighted by Crippen LogP contribution is -2.33. The Kier molecular flexibility index (Phi) is 7.59. The minimum absolute atomic E-state index is 0.0181. The molecule has 0 fully saturated rings. The summed E-state index contributed by atoms with van der Waals surface area (Å²) in [5.41, 5.74) is 2.36. The van der Waals surface area contributed by atoms with E-state index in [1.54, 1.807) is 41.4 Å². The average Bonchev–Trinajstić information content (AvgIpc) is 3.34. The standard InChI is InChI=1S/C30H24F3N5O2/c1-34-30(40)24-14-19(4-5-25(24)33)23-3-2-8-36-29(23)26(13-18-11-21(31)15-22(32)12-18)37-28(39)17-38-10-7-20-16-35-9-6-27(20)38/h2-12,14-16,26H,13,17H2,1H3,(H,34,40)(H,37,39)/t26-/m0/s1. The summed E-state index contributed by atoms with van der Waals surface area (Å²) in [4.78, 5) is 34.1. The Labute approximate surface area is 227 Å². The normalized spacial score (nSPS) is 11.8. The zero-order valence-electron chi connectivity index (χ0n) is 21.4. The van der Waals surface area contributed by atoms with Crippen molar-refractivity contribution in [1.82, 2.24) is 25.2 Å². The molecule has 0 unspecified atom stereocenters. The molecule has 7 nitrogen and oxygen atoms in total. The summed E-state index contributed by atoms with van der Waals surface area (Å²) >= 11 is 0. The summed E-state index contributed by atoms with van der Waals surface area (Å²) in [5.74, 6) is -3.15. The molecule has 0 bridgehead atoms. The molecule has 3 heterocycles. The van der Waals surface area contributed by atoms with Crippen LogP contribution >= 0.6 is 0 Å². The fourth-order valence-corrected chi connectivity index (χ4v) is 4.69. The Balaban J connectivity index is 1.53. The predicted octanol–water partition coefficient (Wildman–Crippen LogP) is 4.98. The average molecular weight is 544 g/mol. The van der Waals surface area contributed by atoms with Gasteiger partial charge in [-0.2, -0.15) is 0 Å². The van der Waals surface area contributed by atoms with Gasteiger partial charge in [0.1, 0.15) is 24.0 Å². The third-order valence-corrected chi connectivity index (χ3v) is 6.50. The van der Waals surface area contributed by atoms with Crippen LogP contribution in [0.15, 0.2) is 85.5 Å². The highest BCUT2D eigenvalue weighted by Crippen LogP contribution is 2.30. The summed E-state index contributed by atoms with van der Waals surface area (Å²) in [7, 11) is 1.40. The van der Waals surface area contributed by atoms with Gasteiger partial charge in [0, 0.05) is 48.9 Å². The number of benzene rings is 2. The van der Waals surface area contributed by atoms with E-state index in [-0.39, 0.29) is 24.4 Å². The van der Waals surface area contributed by atoms with Crippen molar-refractivity contribution in [3.63, 3.8) is 0 Å². The monoisotopic (exact) mass is 543 g/mol. The molecule has 5 aromatic rings. The number of hydrogen-bond acceptors (Lipinski definition) is 4. The maximum atomic E-state index is 14.4. The van der Waals surface area contributed by atoms with Crippen molar-refractivity contribution < 1.29 is 22.8 Å². The first kappa shape index (κ1) is 26.6. The number of aromatic nitrogens is 3. The van der Waals surface area contributed by atoms with Crippen LogP contribution in [0.5, 0.6) is 0 Å². The first-order valence-electron chi connectivity index (χ1n) is 12.4. The van der Waals surface area contributed by atoms with Gasteiger partial charge >= 0.3 is 0 Å². The highest BCUT2D eigenvalue weighted by Gasteiger charge is 2.23. The number of nitrogens with one attached hydrogen (secondary N) is 2. The first-order chi connectivity index (χ1) is 19.3. The van der Waals surface area contributed by atoms with Crippen LogP contribution in [0.25, 0.3) is 22.0 Å². The number of carbonyl (C=O) groups is 2. The van der Waals surface area contributed by atoms with E-state index in [2.05, 4.69) is 20.6 Å². The minimum atomic E-state index is -0.818. The van der Waals surface area contributed by atoms with E-state index in [0.29, 0.717) is 22.4 Å². The van der Waals surface area contributed by atoms with Gasteiger partial charge in [-0.1, -0.05) is 12.1 Å². The molecule has 0 radical (unpaired) electrons. The molecule has 0 spiro atoms. The Morgan fingerprint density at radius 1 is 0.975 bits per heavy atom. The zero-order valence-corrected chi connectivity index (χ0v) is 21.4. The summed E-state index contributed by atoms with van der Waals surface area (Å²) in [6, 6.07) is 13.5. The first-order valence-corrected chi connectivity index (χ1v) is 12.4. The molecule has 0 aliphatic rings. The SMILES string of the molecule is CNC(=O)c1cc(-c2cccnc2[C@H](Cc2cc(F)cc(F)c2)NC(=O)Cn2ccc3cnccc32)ccc1F. The maximum Gasteiger partial charge on any atom is 0.254 e. The highest BCUT2D eigenvalue weighted by atomic mass is 19.1. The molecule has 1 atom stereocenters. The van der Waals surface area contributed by atoms with E-state index in [9.17, 15) is 22.8 Å². The molecule has 2 N–H and O–H groups in total. The number of amides is 2. The van der Waals surface area contributed by atoms with Gasteiger partial charge < -0.3 is 15.2 Å². The van der Waals surface area contributed by atoms with Gasteiger partial charge in [-0.15, -0.1) is 0 Å². The number of pyridine rings is 2. The lowest BCUT2D eigenvalue weighted by Gasteiger charge is -2.22. The smallest absolute Gasteiger partial charge is 0.254 e. The molecule has 0 saturated carbocycles. The minimum Gasteiger partial charge on any atom is -0.355 e. The van der Waals surface area contributed by atoms with Crippen LogP contribution in [0.3, 0.4) is 0 Å². The lowest BCUT2D eigenvalue weighted by molar-refractivity contribution is -0.122. The van der Waals surface area contributed by atoms with E-state index >= 15 is 0 Å². The summed E-state index contributed by atoms with van der Waals surface area (Å²) in [5, 5.41) is 6.24. The fourth-order valence-electron chi connectivity index (χ4n) is 4.69. The number of halogens is 3. The van der Waals surface area contributed by atoms with Gasteiger partial charge in [0.15, 0.2) is 0 Å². The van der Waals surface area contributed by atoms with Crippen molar-refractivity contribution in [2.75, 3.05) is 7.05 Å². The molecule has 2 aromatic carbocycles. The molecule has 3 aromatic heterocycles. The van der Waals surface area contributed by atoms with Crippen LogP contribution in [0.4, 0.5) is 13.2 Å². The number of nitrogens with zero attached hydrogens (tertiary/aromatic N) is 3. The van der Waals surface area contributed by atoms with E-state index in [4.69, 9.17) is 0 Å². The van der Waals surface area contributed by atoms with Gasteiger partial charge in [-0.05, 0) is 60.0 Å². The maximum absolute atomic E-state index is 14.4. The number of rotatable bonds is 8. The van der Waals surface area contributed by atoms with Crippen LogP contribution in [-0.2, 0) is 17.8 Å². The molecule has 0 aliphatic heterocycles. The molecule has 0 aliphatic carbocycles. The Bertz CT molecular complexity index is 1700. The van der Waals surface area contributed by atoms with Crippen molar-refractivity contribution in [3.8, 4) is 11.1 Å². The van der Waals surface area contributed by atoms with Crippen LogP contribution in [-0.4, -0.2) is 33.4 Å². The van der Waals surface area contributed by atoms with E-state index in [0.717, 1.165) is 17.0 Å². The largest absolute Gasteiger partial charge is 0.355 e. The third-order valence-electron chi connectivity index (χ3n) is 6.50. The van der Waals surface area contributed by atoms with Crippen LogP contribution in [0, 0.1) is 17.5 Å². The second kappa shape index (κ2) is 11.4. The molecule has 5 rings (SSSR count). The number of carbonyl (C=O) groups excluding carboxylic acids is 2.